The minimum atomic E-state index is 0.123. The third-order valence-corrected chi connectivity index (χ3v) is 5.23. The van der Waals surface area contributed by atoms with Crippen LogP contribution in [-0.2, 0) is 0 Å². The van der Waals surface area contributed by atoms with Crippen LogP contribution in [0.15, 0.2) is 16.6 Å². The van der Waals surface area contributed by atoms with Crippen LogP contribution in [0.4, 0.5) is 0 Å². The van der Waals surface area contributed by atoms with Crippen LogP contribution >= 0.6 is 15.9 Å². The highest BCUT2D eigenvalue weighted by molar-refractivity contribution is 9.10. The zero-order chi connectivity index (χ0) is 15.4. The van der Waals surface area contributed by atoms with E-state index in [9.17, 15) is 4.79 Å². The predicted octanol–water partition coefficient (Wildman–Crippen LogP) is 4.87. The van der Waals surface area contributed by atoms with Crippen LogP contribution in [-0.4, -0.2) is 20.0 Å². The van der Waals surface area contributed by atoms with Crippen molar-refractivity contribution in [1.29, 1.82) is 0 Å². The van der Waals surface area contributed by atoms with Crippen molar-refractivity contribution in [2.45, 2.75) is 39.0 Å². The molecule has 1 aliphatic carbocycles. The molecule has 1 fully saturated rings. The Morgan fingerprint density at radius 3 is 2.67 bits per heavy atom. The van der Waals surface area contributed by atoms with Gasteiger partial charge in [-0.2, -0.15) is 0 Å². The van der Waals surface area contributed by atoms with Gasteiger partial charge in [-0.05, 0) is 46.8 Å². The first-order valence-corrected chi connectivity index (χ1v) is 8.36. The van der Waals surface area contributed by atoms with Crippen LogP contribution in [0.25, 0.3) is 0 Å². The van der Waals surface area contributed by atoms with Gasteiger partial charge in [0, 0.05) is 5.92 Å². The summed E-state index contributed by atoms with van der Waals surface area (Å²) in [4.78, 5) is 12.9. The first-order valence-electron chi connectivity index (χ1n) is 7.57. The number of rotatable bonds is 5. The summed E-state index contributed by atoms with van der Waals surface area (Å²) in [6.45, 7) is 2.21. The lowest BCUT2D eigenvalue weighted by Crippen LogP contribution is -2.23. The summed E-state index contributed by atoms with van der Waals surface area (Å²) in [5, 5.41) is 0. The molecule has 2 unspecified atom stereocenters. The molecule has 1 aliphatic rings. The number of halogens is 1. The van der Waals surface area contributed by atoms with Crippen molar-refractivity contribution < 1.29 is 14.3 Å². The van der Waals surface area contributed by atoms with E-state index in [2.05, 4.69) is 22.9 Å². The van der Waals surface area contributed by atoms with E-state index in [0.717, 1.165) is 25.7 Å². The van der Waals surface area contributed by atoms with Crippen molar-refractivity contribution in [3.63, 3.8) is 0 Å². The van der Waals surface area contributed by atoms with E-state index < -0.39 is 0 Å². The van der Waals surface area contributed by atoms with Crippen LogP contribution in [0.2, 0.25) is 0 Å². The van der Waals surface area contributed by atoms with Crippen molar-refractivity contribution in [2.24, 2.45) is 11.8 Å². The van der Waals surface area contributed by atoms with E-state index in [-0.39, 0.29) is 11.7 Å². The minimum Gasteiger partial charge on any atom is -0.495 e. The van der Waals surface area contributed by atoms with Crippen LogP contribution in [0.1, 0.15) is 49.4 Å². The summed E-state index contributed by atoms with van der Waals surface area (Å²) in [5.74, 6) is 2.27. The fourth-order valence-electron chi connectivity index (χ4n) is 3.21. The van der Waals surface area contributed by atoms with Gasteiger partial charge < -0.3 is 9.47 Å². The van der Waals surface area contributed by atoms with E-state index in [1.807, 2.05) is 12.1 Å². The number of ketones is 1. The van der Waals surface area contributed by atoms with E-state index in [0.29, 0.717) is 27.5 Å². The van der Waals surface area contributed by atoms with Crippen molar-refractivity contribution in [3.05, 3.63) is 22.2 Å². The standard InChI is InChI=1S/C17H23BrO3/c1-4-11-6-5-7-12(10-11)16(19)13-8-9-14(20-2)15(18)17(13)21-3/h8-9,11-12H,4-7,10H2,1-3H3. The quantitative estimate of drug-likeness (QED) is 0.707. The molecule has 0 heterocycles. The fraction of sp³-hybridized carbons (Fsp3) is 0.588. The Kier molecular flexibility index (Phi) is 5.68. The Balaban J connectivity index is 2.28. The van der Waals surface area contributed by atoms with Gasteiger partial charge in [-0.1, -0.05) is 26.2 Å². The summed E-state index contributed by atoms with van der Waals surface area (Å²) in [6, 6.07) is 3.64. The molecule has 2 rings (SSSR count). The molecule has 0 N–H and O–H groups in total. The third kappa shape index (κ3) is 3.42. The smallest absolute Gasteiger partial charge is 0.169 e. The van der Waals surface area contributed by atoms with Gasteiger partial charge >= 0.3 is 0 Å². The average Bonchev–Trinajstić information content (AvgIpc) is 2.53. The molecule has 0 radical (unpaired) electrons. The molecule has 2 atom stereocenters. The van der Waals surface area contributed by atoms with Crippen molar-refractivity contribution >= 4 is 21.7 Å². The van der Waals surface area contributed by atoms with Gasteiger partial charge in [-0.3, -0.25) is 4.79 Å². The minimum absolute atomic E-state index is 0.123. The Morgan fingerprint density at radius 1 is 1.29 bits per heavy atom. The van der Waals surface area contributed by atoms with E-state index in [1.165, 1.54) is 6.42 Å². The third-order valence-electron chi connectivity index (χ3n) is 4.48. The lowest BCUT2D eigenvalue weighted by Gasteiger charge is -2.28. The molecule has 0 aliphatic heterocycles. The number of Topliss-reactive ketones (excluding diaryl/α,β-unsaturated/α-hetero) is 1. The highest BCUT2D eigenvalue weighted by atomic mass is 79.9. The molecular formula is C17H23BrO3. The maximum atomic E-state index is 12.9. The van der Waals surface area contributed by atoms with Crippen LogP contribution < -0.4 is 9.47 Å². The van der Waals surface area contributed by atoms with E-state index in [1.54, 1.807) is 14.2 Å². The molecule has 116 valence electrons. The summed E-state index contributed by atoms with van der Waals surface area (Å²) < 4.78 is 11.4. The fourth-order valence-corrected chi connectivity index (χ4v) is 3.88. The highest BCUT2D eigenvalue weighted by Crippen LogP contribution is 2.40. The molecule has 0 bridgehead atoms. The number of hydrogen-bond acceptors (Lipinski definition) is 3. The summed E-state index contributed by atoms with van der Waals surface area (Å²) >= 11 is 3.47. The molecule has 0 spiro atoms. The first-order chi connectivity index (χ1) is 10.1. The lowest BCUT2D eigenvalue weighted by atomic mass is 9.77. The number of carbonyl (C=O) groups is 1. The van der Waals surface area contributed by atoms with Crippen LogP contribution in [0.3, 0.4) is 0 Å². The summed E-state index contributed by atoms with van der Waals surface area (Å²) in [7, 11) is 3.19. The van der Waals surface area contributed by atoms with Crippen molar-refractivity contribution in [2.75, 3.05) is 14.2 Å². The SMILES string of the molecule is CCC1CCCC(C(=O)c2ccc(OC)c(Br)c2OC)C1. The van der Waals surface area contributed by atoms with Crippen LogP contribution in [0, 0.1) is 11.8 Å². The van der Waals surface area contributed by atoms with Gasteiger partial charge in [-0.25, -0.2) is 0 Å². The molecule has 1 aromatic rings. The van der Waals surface area contributed by atoms with Gasteiger partial charge in [0.1, 0.15) is 16.0 Å². The maximum absolute atomic E-state index is 12.9. The van der Waals surface area contributed by atoms with Gasteiger partial charge in [0.25, 0.3) is 0 Å². The Labute approximate surface area is 135 Å². The molecule has 0 aromatic heterocycles. The van der Waals surface area contributed by atoms with E-state index in [4.69, 9.17) is 9.47 Å². The number of ether oxygens (including phenoxy) is 2. The molecule has 21 heavy (non-hydrogen) atoms. The van der Waals surface area contributed by atoms with Gasteiger partial charge in [0.05, 0.1) is 19.8 Å². The molecular weight excluding hydrogens is 332 g/mol. The zero-order valence-electron chi connectivity index (χ0n) is 12.9. The molecule has 0 saturated heterocycles. The van der Waals surface area contributed by atoms with Gasteiger partial charge in [0.2, 0.25) is 0 Å². The average molecular weight is 355 g/mol. The monoisotopic (exact) mass is 354 g/mol. The zero-order valence-corrected chi connectivity index (χ0v) is 14.5. The molecule has 3 nitrogen and oxygen atoms in total. The number of hydrogen-bond donors (Lipinski definition) is 0. The first kappa shape index (κ1) is 16.3. The Bertz CT molecular complexity index is 513. The van der Waals surface area contributed by atoms with Gasteiger partial charge in [-0.15, -0.1) is 0 Å². The number of benzene rings is 1. The molecule has 0 amide bonds. The van der Waals surface area contributed by atoms with Gasteiger partial charge in [0.15, 0.2) is 5.78 Å². The molecule has 4 heteroatoms. The Morgan fingerprint density at radius 2 is 2.05 bits per heavy atom. The maximum Gasteiger partial charge on any atom is 0.169 e. The van der Waals surface area contributed by atoms with Crippen molar-refractivity contribution in [1.82, 2.24) is 0 Å². The normalized spacial score (nSPS) is 21.9. The second-order valence-corrected chi connectivity index (χ2v) is 6.46. The predicted molar refractivity (Wildman–Crippen MR) is 87.3 cm³/mol. The number of methoxy groups -OCH3 is 2. The molecule has 1 aromatic carbocycles. The van der Waals surface area contributed by atoms with Crippen LogP contribution in [0.5, 0.6) is 11.5 Å². The van der Waals surface area contributed by atoms with E-state index >= 15 is 0 Å². The second kappa shape index (κ2) is 7.30. The number of carbonyl (C=O) groups excluding carboxylic acids is 1. The summed E-state index contributed by atoms with van der Waals surface area (Å²) in [5.41, 5.74) is 0.659. The largest absolute Gasteiger partial charge is 0.495 e. The van der Waals surface area contributed by atoms with Crippen molar-refractivity contribution in [3.8, 4) is 11.5 Å². The lowest BCUT2D eigenvalue weighted by molar-refractivity contribution is 0.0858. The second-order valence-electron chi connectivity index (χ2n) is 5.66. The highest BCUT2D eigenvalue weighted by Gasteiger charge is 2.29. The summed E-state index contributed by atoms with van der Waals surface area (Å²) in [6.07, 6.45) is 5.55. The Hall–Kier alpha value is -1.03. The topological polar surface area (TPSA) is 35.5 Å². The molecule has 1 saturated carbocycles.